The van der Waals surface area contributed by atoms with Crippen molar-refractivity contribution in [1.29, 1.82) is 0 Å². The molecule has 12 heteroatoms. The van der Waals surface area contributed by atoms with Crippen molar-refractivity contribution in [3.8, 4) is 34.5 Å². The molecular weight excluding hydrogens is 562 g/mol. The van der Waals surface area contributed by atoms with Gasteiger partial charge in [0.15, 0.2) is 23.0 Å². The summed E-state index contributed by atoms with van der Waals surface area (Å²) in [5, 5.41) is 2.79. The van der Waals surface area contributed by atoms with Crippen molar-refractivity contribution < 1.29 is 52.2 Å². The SMILES string of the molecule is COC(=O)c1c(C2OC2c2c(CCNC(=O)OCc3ccc(OC)cc3)cc3c(c2OC)OCO3)ccc(OC)c1OC. The lowest BCUT2D eigenvalue weighted by Gasteiger charge is -2.16. The van der Waals surface area contributed by atoms with Crippen LogP contribution in [0.5, 0.6) is 34.5 Å². The van der Waals surface area contributed by atoms with Crippen LogP contribution < -0.4 is 33.7 Å². The number of carbonyl (C=O) groups excluding carboxylic acids is 2. The van der Waals surface area contributed by atoms with Crippen LogP contribution in [0.4, 0.5) is 4.79 Å². The van der Waals surface area contributed by atoms with Crippen molar-refractivity contribution in [3.05, 3.63) is 70.3 Å². The van der Waals surface area contributed by atoms with E-state index >= 15 is 0 Å². The number of hydrogen-bond acceptors (Lipinski definition) is 11. The molecule has 3 aromatic rings. The van der Waals surface area contributed by atoms with E-state index in [0.29, 0.717) is 35.0 Å². The normalized spacial score (nSPS) is 16.2. The predicted octanol–water partition coefficient (Wildman–Crippen LogP) is 4.52. The number of fused-ring (bicyclic) bond motifs is 1. The quantitative estimate of drug-likeness (QED) is 0.234. The third-order valence-corrected chi connectivity index (χ3v) is 7.19. The summed E-state index contributed by atoms with van der Waals surface area (Å²) in [6.45, 7) is 0.421. The van der Waals surface area contributed by atoms with Gasteiger partial charge < -0.3 is 47.9 Å². The molecule has 43 heavy (non-hydrogen) atoms. The molecule has 1 amide bonds. The van der Waals surface area contributed by atoms with E-state index in [2.05, 4.69) is 5.32 Å². The number of amides is 1. The minimum Gasteiger partial charge on any atom is -0.497 e. The molecule has 1 N–H and O–H groups in total. The van der Waals surface area contributed by atoms with Gasteiger partial charge in [-0.05, 0) is 41.8 Å². The summed E-state index contributed by atoms with van der Waals surface area (Å²) in [4.78, 5) is 25.3. The number of esters is 1. The first-order valence-corrected chi connectivity index (χ1v) is 13.5. The third-order valence-electron chi connectivity index (χ3n) is 7.19. The van der Waals surface area contributed by atoms with Gasteiger partial charge in [-0.1, -0.05) is 18.2 Å². The Hall–Kier alpha value is -4.84. The van der Waals surface area contributed by atoms with Crippen molar-refractivity contribution >= 4 is 12.1 Å². The maximum Gasteiger partial charge on any atom is 0.407 e. The smallest absolute Gasteiger partial charge is 0.407 e. The summed E-state index contributed by atoms with van der Waals surface area (Å²) in [7, 11) is 7.36. The number of benzene rings is 3. The molecule has 2 heterocycles. The van der Waals surface area contributed by atoms with E-state index in [9.17, 15) is 9.59 Å². The first-order valence-electron chi connectivity index (χ1n) is 13.5. The monoisotopic (exact) mass is 595 g/mol. The Morgan fingerprint density at radius 2 is 1.65 bits per heavy atom. The van der Waals surface area contributed by atoms with E-state index in [1.807, 2.05) is 18.2 Å². The van der Waals surface area contributed by atoms with Gasteiger partial charge in [0.05, 0.1) is 35.5 Å². The second kappa shape index (κ2) is 13.0. The molecule has 5 rings (SSSR count). The second-order valence-corrected chi connectivity index (χ2v) is 9.55. The molecule has 12 nitrogen and oxygen atoms in total. The van der Waals surface area contributed by atoms with Gasteiger partial charge in [0.25, 0.3) is 0 Å². The van der Waals surface area contributed by atoms with E-state index in [-0.39, 0.29) is 31.3 Å². The van der Waals surface area contributed by atoms with E-state index in [0.717, 1.165) is 22.4 Å². The molecule has 0 radical (unpaired) electrons. The summed E-state index contributed by atoms with van der Waals surface area (Å²) < 4.78 is 49.8. The maximum absolute atomic E-state index is 12.8. The Labute approximate surface area is 248 Å². The van der Waals surface area contributed by atoms with Crippen LogP contribution in [0.15, 0.2) is 42.5 Å². The highest BCUT2D eigenvalue weighted by Crippen LogP contribution is 2.59. The fraction of sp³-hybridized carbons (Fsp3) is 0.355. The minimum absolute atomic E-state index is 0.0433. The Morgan fingerprint density at radius 1 is 0.884 bits per heavy atom. The highest BCUT2D eigenvalue weighted by Gasteiger charge is 2.48. The van der Waals surface area contributed by atoms with Gasteiger partial charge in [-0.15, -0.1) is 0 Å². The van der Waals surface area contributed by atoms with Crippen LogP contribution >= 0.6 is 0 Å². The van der Waals surface area contributed by atoms with Crippen LogP contribution in [0, 0.1) is 0 Å². The molecule has 0 aromatic heterocycles. The standard InChI is InChI=1S/C31H33NO11/c1-35-19-8-6-17(7-9-19)15-40-31(34)32-13-12-18-14-22-27(42-16-41-22)28(38-4)23(18)29-25(43-29)20-10-11-21(36-2)26(37-3)24(20)30(33)39-5/h6-11,14,25,29H,12-13,15-16H2,1-5H3,(H,32,34). The zero-order valence-corrected chi connectivity index (χ0v) is 24.5. The van der Waals surface area contributed by atoms with E-state index < -0.39 is 24.3 Å². The summed E-state index contributed by atoms with van der Waals surface area (Å²) >= 11 is 0. The number of alkyl carbamates (subject to hydrolysis) is 1. The molecule has 1 saturated heterocycles. The lowest BCUT2D eigenvalue weighted by molar-refractivity contribution is 0.0594. The van der Waals surface area contributed by atoms with E-state index in [4.69, 9.17) is 42.6 Å². The molecule has 2 atom stereocenters. The van der Waals surface area contributed by atoms with Crippen molar-refractivity contribution in [2.45, 2.75) is 25.2 Å². The fourth-order valence-electron chi connectivity index (χ4n) is 5.08. The van der Waals surface area contributed by atoms with Crippen LogP contribution in [-0.2, 0) is 27.2 Å². The number of ether oxygens (including phenoxy) is 9. The number of rotatable bonds is 12. The number of nitrogens with one attached hydrogen (secondary N) is 1. The summed E-state index contributed by atoms with van der Waals surface area (Å²) in [5.41, 5.74) is 3.14. The predicted molar refractivity (Wildman–Crippen MR) is 151 cm³/mol. The van der Waals surface area contributed by atoms with E-state index in [1.165, 1.54) is 28.4 Å². The lowest BCUT2D eigenvalue weighted by atomic mass is 9.93. The van der Waals surface area contributed by atoms with E-state index in [1.54, 1.807) is 31.4 Å². The fourth-order valence-corrected chi connectivity index (χ4v) is 5.08. The molecule has 2 aliphatic rings. The van der Waals surface area contributed by atoms with Crippen LogP contribution in [0.1, 0.15) is 44.8 Å². The number of methoxy groups -OCH3 is 5. The highest BCUT2D eigenvalue weighted by atomic mass is 16.7. The molecular formula is C31H33NO11. The third kappa shape index (κ3) is 6.05. The van der Waals surface area contributed by atoms with Crippen molar-refractivity contribution in [1.82, 2.24) is 5.32 Å². The summed E-state index contributed by atoms with van der Waals surface area (Å²) in [6.07, 6.45) is -1.17. The molecule has 2 aliphatic heterocycles. The van der Waals surface area contributed by atoms with Crippen molar-refractivity contribution in [3.63, 3.8) is 0 Å². The zero-order valence-electron chi connectivity index (χ0n) is 24.5. The summed E-state index contributed by atoms with van der Waals surface area (Å²) in [5.74, 6) is 2.21. The van der Waals surface area contributed by atoms with Crippen LogP contribution in [0.25, 0.3) is 0 Å². The van der Waals surface area contributed by atoms with Gasteiger partial charge in [-0.3, -0.25) is 0 Å². The van der Waals surface area contributed by atoms with Crippen molar-refractivity contribution in [2.75, 3.05) is 48.9 Å². The lowest BCUT2D eigenvalue weighted by Crippen LogP contribution is -2.26. The van der Waals surface area contributed by atoms with Gasteiger partial charge in [0.1, 0.15) is 30.1 Å². The van der Waals surface area contributed by atoms with Gasteiger partial charge >= 0.3 is 12.1 Å². The minimum atomic E-state index is -0.588. The van der Waals surface area contributed by atoms with Gasteiger partial charge in [0, 0.05) is 17.7 Å². The van der Waals surface area contributed by atoms with Gasteiger partial charge in [-0.2, -0.15) is 0 Å². The molecule has 0 aliphatic carbocycles. The Kier molecular flexibility index (Phi) is 8.96. The summed E-state index contributed by atoms with van der Waals surface area (Å²) in [6, 6.07) is 12.6. The van der Waals surface area contributed by atoms with Crippen LogP contribution in [0.2, 0.25) is 0 Å². The zero-order chi connectivity index (χ0) is 30.5. The first-order chi connectivity index (χ1) is 20.9. The van der Waals surface area contributed by atoms with Crippen molar-refractivity contribution in [2.24, 2.45) is 0 Å². The average molecular weight is 596 g/mol. The van der Waals surface area contributed by atoms with Crippen LogP contribution in [0.3, 0.4) is 0 Å². The highest BCUT2D eigenvalue weighted by molar-refractivity contribution is 5.95. The Balaban J connectivity index is 1.36. The Bertz CT molecular complexity index is 1490. The molecule has 0 saturated carbocycles. The van der Waals surface area contributed by atoms with Crippen LogP contribution in [-0.4, -0.2) is 60.9 Å². The number of epoxide rings is 1. The maximum atomic E-state index is 12.8. The van der Waals surface area contributed by atoms with Gasteiger partial charge in [-0.25, -0.2) is 9.59 Å². The second-order valence-electron chi connectivity index (χ2n) is 9.55. The molecule has 1 fully saturated rings. The number of carbonyl (C=O) groups is 2. The molecule has 0 bridgehead atoms. The molecule has 2 unspecified atom stereocenters. The average Bonchev–Trinajstić information content (AvgIpc) is 3.68. The largest absolute Gasteiger partial charge is 0.497 e. The van der Waals surface area contributed by atoms with Gasteiger partial charge in [0.2, 0.25) is 12.5 Å². The number of hydrogen-bond donors (Lipinski definition) is 1. The molecule has 3 aromatic carbocycles. The molecule has 0 spiro atoms. The Morgan fingerprint density at radius 3 is 2.33 bits per heavy atom. The molecule has 228 valence electrons. The topological polar surface area (TPSA) is 133 Å². The first kappa shape index (κ1) is 29.6.